The summed E-state index contributed by atoms with van der Waals surface area (Å²) in [6.45, 7) is 0. The third kappa shape index (κ3) is 1.98. The van der Waals surface area contributed by atoms with Gasteiger partial charge >= 0.3 is 5.97 Å². The van der Waals surface area contributed by atoms with E-state index in [4.69, 9.17) is 0 Å². The largest absolute Gasteiger partial charge is 0.478 e. The number of carbonyl (C=O) groups is 1. The van der Waals surface area contributed by atoms with Crippen LogP contribution in [-0.2, 0) is 0 Å². The monoisotopic (exact) mass is 311 g/mol. The number of fused-ring (bicyclic) bond motifs is 1. The lowest BCUT2D eigenvalue weighted by atomic mass is 9.53. The van der Waals surface area contributed by atoms with Gasteiger partial charge in [-0.25, -0.2) is 9.78 Å². The van der Waals surface area contributed by atoms with Gasteiger partial charge in [0.25, 0.3) is 0 Å². The summed E-state index contributed by atoms with van der Waals surface area (Å²) in [4.78, 5) is 19.0. The molecule has 4 aliphatic rings. The minimum absolute atomic E-state index is 0.0878. The Kier molecular flexibility index (Phi) is 2.62. The first-order valence-corrected chi connectivity index (χ1v) is 8.59. The van der Waals surface area contributed by atoms with E-state index in [-0.39, 0.29) is 11.1 Å². The Balaban J connectivity index is 1.60. The highest BCUT2D eigenvalue weighted by atomic mass is 16.4. The summed E-state index contributed by atoms with van der Waals surface area (Å²) in [7, 11) is 0. The average molecular weight is 311 g/mol. The minimum atomic E-state index is -0.909. The maximum absolute atomic E-state index is 11.7. The van der Waals surface area contributed by atoms with Crippen LogP contribution in [0.1, 0.15) is 48.9 Å². The SMILES string of the molecule is O=C(O)c1cnc2[nH]ccc2c1NC12CC3CC(CC(C3)C1)C2. The lowest BCUT2D eigenvalue weighted by Crippen LogP contribution is -2.55. The number of aromatic nitrogens is 2. The number of nitrogens with one attached hydrogen (secondary N) is 2. The molecule has 0 amide bonds. The van der Waals surface area contributed by atoms with Gasteiger partial charge in [-0.1, -0.05) is 0 Å². The molecule has 6 rings (SSSR count). The summed E-state index contributed by atoms with van der Waals surface area (Å²) in [5.41, 5.74) is 1.88. The molecule has 120 valence electrons. The van der Waals surface area contributed by atoms with E-state index in [0.717, 1.165) is 34.5 Å². The van der Waals surface area contributed by atoms with Gasteiger partial charge in [-0.05, 0) is 62.3 Å². The number of H-pyrrole nitrogens is 1. The van der Waals surface area contributed by atoms with Crippen molar-refractivity contribution in [2.45, 2.75) is 44.1 Å². The molecule has 2 aromatic rings. The summed E-state index contributed by atoms with van der Waals surface area (Å²) in [6.07, 6.45) is 11.0. The first kappa shape index (κ1) is 13.4. The average Bonchev–Trinajstić information content (AvgIpc) is 2.94. The number of hydrogen-bond acceptors (Lipinski definition) is 3. The number of nitrogens with zero attached hydrogens (tertiary/aromatic N) is 1. The molecule has 4 fully saturated rings. The van der Waals surface area contributed by atoms with Crippen LogP contribution in [0.4, 0.5) is 5.69 Å². The van der Waals surface area contributed by atoms with E-state index >= 15 is 0 Å². The minimum Gasteiger partial charge on any atom is -0.478 e. The van der Waals surface area contributed by atoms with Crippen molar-refractivity contribution in [2.24, 2.45) is 17.8 Å². The van der Waals surface area contributed by atoms with Gasteiger partial charge in [-0.2, -0.15) is 0 Å². The Labute approximate surface area is 134 Å². The van der Waals surface area contributed by atoms with Crippen molar-refractivity contribution in [2.75, 3.05) is 5.32 Å². The Morgan fingerprint density at radius 1 is 1.22 bits per heavy atom. The van der Waals surface area contributed by atoms with E-state index in [0.29, 0.717) is 0 Å². The maximum atomic E-state index is 11.7. The van der Waals surface area contributed by atoms with Gasteiger partial charge in [-0.3, -0.25) is 0 Å². The number of hydrogen-bond donors (Lipinski definition) is 3. The Hall–Kier alpha value is -2.04. The molecule has 4 saturated carbocycles. The van der Waals surface area contributed by atoms with Crippen LogP contribution >= 0.6 is 0 Å². The molecule has 0 unspecified atom stereocenters. The van der Waals surface area contributed by atoms with E-state index in [2.05, 4.69) is 15.3 Å². The lowest BCUT2D eigenvalue weighted by Gasteiger charge is -2.57. The van der Waals surface area contributed by atoms with Gasteiger partial charge in [0, 0.05) is 23.3 Å². The third-order valence-corrected chi connectivity index (χ3v) is 6.25. The number of pyridine rings is 1. The standard InChI is InChI=1S/C18H21N3O2/c22-17(23)14-9-20-16-13(1-2-19-16)15(14)21-18-6-10-3-11(7-18)5-12(4-10)8-18/h1-2,9-12H,3-8H2,(H,22,23)(H2,19,20,21). The van der Waals surface area contributed by atoms with Crippen molar-refractivity contribution in [1.29, 1.82) is 0 Å². The highest BCUT2D eigenvalue weighted by Gasteiger charge is 2.51. The van der Waals surface area contributed by atoms with Crippen LogP contribution in [0, 0.1) is 17.8 Å². The molecule has 0 saturated heterocycles. The molecule has 4 aliphatic carbocycles. The molecule has 23 heavy (non-hydrogen) atoms. The van der Waals surface area contributed by atoms with Gasteiger partial charge < -0.3 is 15.4 Å². The molecule has 0 aliphatic heterocycles. The number of carboxylic acid groups (broad SMARTS) is 1. The van der Waals surface area contributed by atoms with Crippen molar-refractivity contribution in [1.82, 2.24) is 9.97 Å². The summed E-state index contributed by atoms with van der Waals surface area (Å²) in [6, 6.07) is 1.93. The molecule has 0 atom stereocenters. The third-order valence-electron chi connectivity index (χ3n) is 6.25. The fraction of sp³-hybridized carbons (Fsp3) is 0.556. The van der Waals surface area contributed by atoms with E-state index in [1.165, 1.54) is 44.7 Å². The zero-order valence-electron chi connectivity index (χ0n) is 13.0. The molecule has 3 N–H and O–H groups in total. The summed E-state index contributed by atoms with van der Waals surface area (Å²) in [5, 5.41) is 14.2. The van der Waals surface area contributed by atoms with Gasteiger partial charge in [0.1, 0.15) is 11.2 Å². The Morgan fingerprint density at radius 3 is 2.48 bits per heavy atom. The maximum Gasteiger partial charge on any atom is 0.339 e. The van der Waals surface area contributed by atoms with Crippen molar-refractivity contribution < 1.29 is 9.90 Å². The molecule has 2 heterocycles. The molecule has 5 nitrogen and oxygen atoms in total. The van der Waals surface area contributed by atoms with E-state index in [1.807, 2.05) is 12.3 Å². The quantitative estimate of drug-likeness (QED) is 0.808. The Bertz CT molecular complexity index is 759. The predicted octanol–water partition coefficient (Wildman–Crippen LogP) is 3.64. The van der Waals surface area contributed by atoms with Crippen LogP contribution in [0.15, 0.2) is 18.5 Å². The van der Waals surface area contributed by atoms with Crippen LogP contribution < -0.4 is 5.32 Å². The van der Waals surface area contributed by atoms with Gasteiger partial charge in [0.05, 0.1) is 5.69 Å². The highest BCUT2D eigenvalue weighted by molar-refractivity contribution is 6.03. The fourth-order valence-electron chi connectivity index (χ4n) is 5.83. The van der Waals surface area contributed by atoms with Crippen molar-refractivity contribution in [3.63, 3.8) is 0 Å². The summed E-state index contributed by atoms with van der Waals surface area (Å²) < 4.78 is 0. The molecular formula is C18H21N3O2. The van der Waals surface area contributed by atoms with E-state index in [9.17, 15) is 9.90 Å². The van der Waals surface area contributed by atoms with Crippen molar-refractivity contribution in [3.05, 3.63) is 24.0 Å². The Morgan fingerprint density at radius 2 is 1.87 bits per heavy atom. The number of aromatic amines is 1. The van der Waals surface area contributed by atoms with Crippen LogP contribution in [0.5, 0.6) is 0 Å². The zero-order valence-corrected chi connectivity index (χ0v) is 13.0. The number of rotatable bonds is 3. The molecule has 4 bridgehead atoms. The van der Waals surface area contributed by atoms with E-state index < -0.39 is 5.97 Å². The number of aromatic carboxylic acids is 1. The number of anilines is 1. The highest BCUT2D eigenvalue weighted by Crippen LogP contribution is 2.57. The second-order valence-corrected chi connectivity index (χ2v) is 7.91. The van der Waals surface area contributed by atoms with Crippen LogP contribution in [0.2, 0.25) is 0 Å². The molecule has 0 radical (unpaired) electrons. The van der Waals surface area contributed by atoms with Crippen LogP contribution in [0.3, 0.4) is 0 Å². The lowest BCUT2D eigenvalue weighted by molar-refractivity contribution is 0.0107. The first-order valence-electron chi connectivity index (χ1n) is 8.59. The normalized spacial score (nSPS) is 34.9. The van der Waals surface area contributed by atoms with Gasteiger partial charge in [0.2, 0.25) is 0 Å². The zero-order chi connectivity index (χ0) is 15.6. The summed E-state index contributed by atoms with van der Waals surface area (Å²) >= 11 is 0. The molecule has 0 aromatic carbocycles. The topological polar surface area (TPSA) is 78.0 Å². The predicted molar refractivity (Wildman–Crippen MR) is 87.6 cm³/mol. The number of carboxylic acids is 1. The first-order chi connectivity index (χ1) is 11.1. The van der Waals surface area contributed by atoms with Gasteiger partial charge in [-0.15, -0.1) is 0 Å². The van der Waals surface area contributed by atoms with Gasteiger partial charge in [0.15, 0.2) is 0 Å². The molecule has 2 aromatic heterocycles. The summed E-state index contributed by atoms with van der Waals surface area (Å²) in [5.74, 6) is 1.56. The van der Waals surface area contributed by atoms with E-state index in [1.54, 1.807) is 0 Å². The van der Waals surface area contributed by atoms with Crippen LogP contribution in [-0.4, -0.2) is 26.6 Å². The molecule has 5 heteroatoms. The van der Waals surface area contributed by atoms with Crippen molar-refractivity contribution in [3.8, 4) is 0 Å². The molecular weight excluding hydrogens is 290 g/mol. The smallest absolute Gasteiger partial charge is 0.339 e. The van der Waals surface area contributed by atoms with Crippen LogP contribution in [0.25, 0.3) is 11.0 Å². The second-order valence-electron chi connectivity index (χ2n) is 7.91. The fourth-order valence-corrected chi connectivity index (χ4v) is 5.83. The molecule has 0 spiro atoms. The second kappa shape index (κ2) is 4.49. The van der Waals surface area contributed by atoms with Crippen molar-refractivity contribution >= 4 is 22.7 Å².